The minimum Gasteiger partial charge on any atom is -0.431 e. The van der Waals surface area contributed by atoms with Crippen LogP contribution in [0.1, 0.15) is 36.2 Å². The summed E-state index contributed by atoms with van der Waals surface area (Å²) in [6.45, 7) is 5.25. The van der Waals surface area contributed by atoms with E-state index in [0.717, 1.165) is 23.1 Å². The van der Waals surface area contributed by atoms with Gasteiger partial charge in [-0.2, -0.15) is 0 Å². The maximum atomic E-state index is 12.5. The zero-order chi connectivity index (χ0) is 19.1. The minimum atomic E-state index is -0.0617. The van der Waals surface area contributed by atoms with Crippen LogP contribution < -0.4 is 5.32 Å². The molecule has 0 spiro atoms. The molecular formula is C21H24N2O3S. The SMILES string of the molecule is CC(C)OCCCNC(=O)c1ccccc1CSc1nc2ccccc2o1. The van der Waals surface area contributed by atoms with Gasteiger partial charge in [-0.1, -0.05) is 42.1 Å². The minimum absolute atomic E-state index is 0.0617. The van der Waals surface area contributed by atoms with Crippen molar-refractivity contribution in [3.8, 4) is 0 Å². The maximum absolute atomic E-state index is 12.5. The number of carbonyl (C=O) groups excluding carboxylic acids is 1. The summed E-state index contributed by atoms with van der Waals surface area (Å²) < 4.78 is 11.2. The Morgan fingerprint density at radius 2 is 1.96 bits per heavy atom. The van der Waals surface area contributed by atoms with E-state index >= 15 is 0 Å². The average Bonchev–Trinajstić information content (AvgIpc) is 3.09. The van der Waals surface area contributed by atoms with Crippen molar-refractivity contribution >= 4 is 28.8 Å². The van der Waals surface area contributed by atoms with Crippen molar-refractivity contribution < 1.29 is 13.9 Å². The molecule has 1 N–H and O–H groups in total. The Kier molecular flexibility index (Phi) is 6.90. The van der Waals surface area contributed by atoms with Gasteiger partial charge in [0.25, 0.3) is 11.1 Å². The van der Waals surface area contributed by atoms with Gasteiger partial charge in [0.2, 0.25) is 0 Å². The molecule has 0 saturated carbocycles. The Bertz CT molecular complexity index is 859. The topological polar surface area (TPSA) is 64.4 Å². The van der Waals surface area contributed by atoms with Crippen LogP contribution in [0, 0.1) is 0 Å². The third-order valence-corrected chi connectivity index (χ3v) is 4.82. The number of amides is 1. The highest BCUT2D eigenvalue weighted by Crippen LogP contribution is 2.27. The summed E-state index contributed by atoms with van der Waals surface area (Å²) >= 11 is 1.49. The second-order valence-corrected chi connectivity index (χ2v) is 7.35. The van der Waals surface area contributed by atoms with Crippen LogP contribution in [-0.2, 0) is 10.5 Å². The fraction of sp³-hybridized carbons (Fsp3) is 0.333. The predicted octanol–water partition coefficient (Wildman–Crippen LogP) is 4.67. The maximum Gasteiger partial charge on any atom is 0.257 e. The lowest BCUT2D eigenvalue weighted by atomic mass is 10.1. The molecule has 2 aromatic carbocycles. The van der Waals surface area contributed by atoms with Crippen molar-refractivity contribution in [2.75, 3.05) is 13.2 Å². The van der Waals surface area contributed by atoms with E-state index in [1.165, 1.54) is 11.8 Å². The summed E-state index contributed by atoms with van der Waals surface area (Å²) in [4.78, 5) is 17.0. The van der Waals surface area contributed by atoms with E-state index in [2.05, 4.69) is 10.3 Å². The smallest absolute Gasteiger partial charge is 0.257 e. The number of nitrogens with one attached hydrogen (secondary N) is 1. The van der Waals surface area contributed by atoms with Gasteiger partial charge in [0, 0.05) is 24.5 Å². The molecule has 0 fully saturated rings. The number of nitrogens with zero attached hydrogens (tertiary/aromatic N) is 1. The Hall–Kier alpha value is -2.31. The quantitative estimate of drug-likeness (QED) is 0.429. The van der Waals surface area contributed by atoms with Crippen LogP contribution in [-0.4, -0.2) is 30.1 Å². The zero-order valence-electron chi connectivity index (χ0n) is 15.6. The van der Waals surface area contributed by atoms with Gasteiger partial charge in [-0.3, -0.25) is 4.79 Å². The summed E-state index contributed by atoms with van der Waals surface area (Å²) in [6.07, 6.45) is 1.01. The number of fused-ring (bicyclic) bond motifs is 1. The molecule has 0 unspecified atom stereocenters. The molecule has 0 atom stereocenters. The number of thioether (sulfide) groups is 1. The van der Waals surface area contributed by atoms with Crippen molar-refractivity contribution in [1.82, 2.24) is 10.3 Å². The normalized spacial score (nSPS) is 11.2. The molecule has 0 bridgehead atoms. The highest BCUT2D eigenvalue weighted by atomic mass is 32.2. The summed E-state index contributed by atoms with van der Waals surface area (Å²) in [6, 6.07) is 15.3. The molecule has 6 heteroatoms. The van der Waals surface area contributed by atoms with Gasteiger partial charge in [0.05, 0.1) is 6.10 Å². The summed E-state index contributed by atoms with van der Waals surface area (Å²) in [5.41, 5.74) is 3.26. The summed E-state index contributed by atoms with van der Waals surface area (Å²) in [5, 5.41) is 3.57. The van der Waals surface area contributed by atoms with Crippen LogP contribution in [0.25, 0.3) is 11.1 Å². The molecule has 5 nitrogen and oxygen atoms in total. The molecule has 0 saturated heterocycles. The fourth-order valence-corrected chi connectivity index (χ4v) is 3.45. The number of aromatic nitrogens is 1. The first-order chi connectivity index (χ1) is 13.1. The standard InChI is InChI=1S/C21H24N2O3S/c1-15(2)25-13-7-12-22-20(24)17-9-4-3-8-16(17)14-27-21-23-18-10-5-6-11-19(18)26-21/h3-6,8-11,15H,7,12-14H2,1-2H3,(H,22,24). The Morgan fingerprint density at radius 1 is 1.19 bits per heavy atom. The highest BCUT2D eigenvalue weighted by molar-refractivity contribution is 7.98. The Balaban J connectivity index is 1.57. The van der Waals surface area contributed by atoms with E-state index in [1.807, 2.05) is 62.4 Å². The van der Waals surface area contributed by atoms with E-state index in [9.17, 15) is 4.79 Å². The van der Waals surface area contributed by atoms with Crippen LogP contribution >= 0.6 is 11.8 Å². The van der Waals surface area contributed by atoms with E-state index in [1.54, 1.807) is 0 Å². The van der Waals surface area contributed by atoms with Gasteiger partial charge in [0.1, 0.15) is 5.52 Å². The number of ether oxygens (including phenoxy) is 1. The average molecular weight is 385 g/mol. The van der Waals surface area contributed by atoms with Gasteiger partial charge in [0.15, 0.2) is 5.58 Å². The number of hydrogen-bond donors (Lipinski definition) is 1. The largest absolute Gasteiger partial charge is 0.431 e. The Morgan fingerprint density at radius 3 is 2.78 bits per heavy atom. The van der Waals surface area contributed by atoms with Crippen LogP contribution in [0.3, 0.4) is 0 Å². The Labute approximate surface area is 163 Å². The van der Waals surface area contributed by atoms with Gasteiger partial charge in [-0.05, 0) is 44.0 Å². The molecule has 0 aliphatic rings. The number of benzene rings is 2. The third-order valence-electron chi connectivity index (χ3n) is 3.95. The van der Waals surface area contributed by atoms with E-state index < -0.39 is 0 Å². The third kappa shape index (κ3) is 5.58. The number of oxazole rings is 1. The highest BCUT2D eigenvalue weighted by Gasteiger charge is 2.12. The van der Waals surface area contributed by atoms with E-state index in [-0.39, 0.29) is 12.0 Å². The van der Waals surface area contributed by atoms with Crippen LogP contribution in [0.4, 0.5) is 0 Å². The molecule has 142 valence electrons. The first-order valence-electron chi connectivity index (χ1n) is 9.09. The van der Waals surface area contributed by atoms with E-state index in [0.29, 0.717) is 29.7 Å². The molecule has 1 heterocycles. The molecule has 3 rings (SSSR count). The van der Waals surface area contributed by atoms with Gasteiger partial charge < -0.3 is 14.5 Å². The van der Waals surface area contributed by atoms with Gasteiger partial charge in [-0.25, -0.2) is 4.98 Å². The number of para-hydroxylation sites is 2. The van der Waals surface area contributed by atoms with Crippen molar-refractivity contribution in [2.45, 2.75) is 37.3 Å². The van der Waals surface area contributed by atoms with Crippen molar-refractivity contribution in [3.05, 3.63) is 59.7 Å². The number of hydrogen-bond acceptors (Lipinski definition) is 5. The second kappa shape index (κ2) is 9.58. The first-order valence-corrected chi connectivity index (χ1v) is 10.1. The van der Waals surface area contributed by atoms with Crippen molar-refractivity contribution in [1.29, 1.82) is 0 Å². The fourth-order valence-electron chi connectivity index (χ4n) is 2.61. The molecule has 1 amide bonds. The van der Waals surface area contributed by atoms with Gasteiger partial charge in [-0.15, -0.1) is 0 Å². The van der Waals surface area contributed by atoms with Gasteiger partial charge >= 0.3 is 0 Å². The molecule has 0 radical (unpaired) electrons. The second-order valence-electron chi connectivity index (χ2n) is 6.42. The molecule has 1 aromatic heterocycles. The molecule has 0 aliphatic heterocycles. The van der Waals surface area contributed by atoms with Crippen molar-refractivity contribution in [2.24, 2.45) is 0 Å². The molecule has 3 aromatic rings. The van der Waals surface area contributed by atoms with Crippen molar-refractivity contribution in [3.63, 3.8) is 0 Å². The summed E-state index contributed by atoms with van der Waals surface area (Å²) in [5.74, 6) is 0.556. The number of carbonyl (C=O) groups is 1. The van der Waals surface area contributed by atoms with E-state index in [4.69, 9.17) is 9.15 Å². The molecular weight excluding hydrogens is 360 g/mol. The van der Waals surface area contributed by atoms with Crippen LogP contribution in [0.2, 0.25) is 0 Å². The lowest BCUT2D eigenvalue weighted by Gasteiger charge is -2.10. The zero-order valence-corrected chi connectivity index (χ0v) is 16.4. The monoisotopic (exact) mass is 384 g/mol. The lowest BCUT2D eigenvalue weighted by molar-refractivity contribution is 0.0757. The molecule has 27 heavy (non-hydrogen) atoms. The molecule has 0 aliphatic carbocycles. The van der Waals surface area contributed by atoms with Crippen LogP contribution in [0.5, 0.6) is 0 Å². The number of rotatable bonds is 9. The summed E-state index contributed by atoms with van der Waals surface area (Å²) in [7, 11) is 0. The lowest BCUT2D eigenvalue weighted by Crippen LogP contribution is -2.26. The van der Waals surface area contributed by atoms with Crippen LogP contribution in [0.15, 0.2) is 58.2 Å². The predicted molar refractivity (Wildman–Crippen MR) is 108 cm³/mol. The first kappa shape index (κ1) is 19.5.